The number of hydrogen-bond acceptors (Lipinski definition) is 23. The van der Waals surface area contributed by atoms with Crippen LogP contribution in [0, 0.1) is 10.8 Å². The number of aromatic nitrogens is 8. The molecule has 3 saturated heterocycles. The molecule has 0 amide bonds. The third kappa shape index (κ3) is 8.85. The second-order valence-corrected chi connectivity index (χ2v) is 19.0. The average Bonchev–Trinajstić information content (AvgIpc) is 3.94. The molecule has 3 aliphatic rings. The van der Waals surface area contributed by atoms with Gasteiger partial charge in [0.25, 0.3) is 0 Å². The van der Waals surface area contributed by atoms with Crippen molar-refractivity contribution in [3.63, 3.8) is 0 Å². The molecule has 60 heavy (non-hydrogen) atoms. The number of aliphatic hydroxyl groups excluding tert-OH is 1. The van der Waals surface area contributed by atoms with Gasteiger partial charge in [-0.2, -0.15) is 0 Å². The molecule has 4 aromatic heterocycles. The van der Waals surface area contributed by atoms with E-state index in [-0.39, 0.29) is 34.0 Å². The fourth-order valence-corrected chi connectivity index (χ4v) is 8.52. The predicted molar refractivity (Wildman–Crippen MR) is 198 cm³/mol. The minimum absolute atomic E-state index is 0.00705. The van der Waals surface area contributed by atoms with Crippen LogP contribution < -0.4 is 11.5 Å². The molecular weight excluding hydrogens is 845 g/mol. The summed E-state index contributed by atoms with van der Waals surface area (Å²) in [6.07, 6.45) is -9.37. The first-order valence-electron chi connectivity index (χ1n) is 18.2. The van der Waals surface area contributed by atoms with Crippen molar-refractivity contribution in [2.45, 2.75) is 90.7 Å². The summed E-state index contributed by atoms with van der Waals surface area (Å²) >= 11 is 0. The Balaban J connectivity index is 1.26. The number of imidazole rings is 2. The van der Waals surface area contributed by atoms with Gasteiger partial charge in [-0.3, -0.25) is 36.8 Å². The van der Waals surface area contributed by atoms with Crippen LogP contribution in [0.3, 0.4) is 0 Å². The third-order valence-electron chi connectivity index (χ3n) is 9.22. The summed E-state index contributed by atoms with van der Waals surface area (Å²) in [7, 11) is -10.2. The van der Waals surface area contributed by atoms with E-state index < -0.39 is 114 Å². The summed E-state index contributed by atoms with van der Waals surface area (Å²) in [5.74, 6) is -1.54. The van der Waals surface area contributed by atoms with Crippen LogP contribution >= 0.6 is 15.6 Å². The van der Waals surface area contributed by atoms with Crippen LogP contribution in [0.25, 0.3) is 22.3 Å². The molecule has 3 aliphatic heterocycles. The Morgan fingerprint density at radius 2 is 1.20 bits per heavy atom. The summed E-state index contributed by atoms with van der Waals surface area (Å²) in [5, 5.41) is 11.7. The van der Waals surface area contributed by atoms with Crippen molar-refractivity contribution in [2.24, 2.45) is 10.8 Å². The number of nitrogen functional groups attached to an aromatic ring is 2. The van der Waals surface area contributed by atoms with Gasteiger partial charge in [-0.05, 0) is 41.5 Å². The van der Waals surface area contributed by atoms with Gasteiger partial charge in [-0.1, -0.05) is 0 Å². The van der Waals surface area contributed by atoms with E-state index in [0.29, 0.717) is 0 Å². The molecule has 10 unspecified atom stereocenters. The number of aliphatic hydroxyl groups is 1. The van der Waals surface area contributed by atoms with E-state index in [1.807, 2.05) is 0 Å². The molecule has 0 spiro atoms. The normalized spacial score (nSPS) is 31.6. The summed E-state index contributed by atoms with van der Waals surface area (Å²) in [5.41, 5.74) is 10.3. The number of hydrogen-bond donors (Lipinski definition) is 3. The number of ether oxygens (including phenoxy) is 4. The molecule has 28 heteroatoms. The molecule has 7 heterocycles. The van der Waals surface area contributed by atoms with Gasteiger partial charge in [0.05, 0.1) is 36.7 Å². The first-order valence-corrected chi connectivity index (χ1v) is 21.1. The van der Waals surface area contributed by atoms with Crippen LogP contribution in [0.2, 0.25) is 0 Å². The van der Waals surface area contributed by atoms with Gasteiger partial charge in [0.2, 0.25) is 13.6 Å². The Kier molecular flexibility index (Phi) is 12.0. The van der Waals surface area contributed by atoms with E-state index in [1.165, 1.54) is 17.2 Å². The molecule has 4 aromatic rings. The lowest BCUT2D eigenvalue weighted by atomic mass is 9.98. The maximum atomic E-state index is 16.8. The lowest BCUT2D eigenvalue weighted by Gasteiger charge is -2.28. The highest BCUT2D eigenvalue weighted by Crippen LogP contribution is 2.58. The van der Waals surface area contributed by atoms with Crippen LogP contribution in [0.4, 0.5) is 16.0 Å². The van der Waals surface area contributed by atoms with Gasteiger partial charge < -0.3 is 35.5 Å². The number of carbonyl (C=O) groups is 2. The zero-order valence-electron chi connectivity index (χ0n) is 32.9. The van der Waals surface area contributed by atoms with Crippen molar-refractivity contribution in [1.82, 2.24) is 39.0 Å². The summed E-state index contributed by atoms with van der Waals surface area (Å²) in [6.45, 7) is 5.66. The molecule has 328 valence electrons. The van der Waals surface area contributed by atoms with E-state index in [2.05, 4.69) is 29.9 Å². The van der Waals surface area contributed by atoms with E-state index in [9.17, 15) is 23.8 Å². The highest BCUT2D eigenvalue weighted by molar-refractivity contribution is 7.48. The third-order valence-corrected chi connectivity index (χ3v) is 12.0. The average molecular weight is 889 g/mol. The summed E-state index contributed by atoms with van der Waals surface area (Å²) in [4.78, 5) is 49.7. The van der Waals surface area contributed by atoms with Crippen molar-refractivity contribution < 1.29 is 74.3 Å². The Morgan fingerprint density at radius 3 is 1.70 bits per heavy atom. The number of phosphoric acid groups is 2. The zero-order valence-corrected chi connectivity index (χ0v) is 34.7. The highest BCUT2D eigenvalue weighted by atomic mass is 31.2. The van der Waals surface area contributed by atoms with Crippen molar-refractivity contribution in [1.29, 1.82) is 0 Å². The summed E-state index contributed by atoms with van der Waals surface area (Å²) in [6, 6.07) is 0. The van der Waals surface area contributed by atoms with Crippen molar-refractivity contribution in [3.8, 4) is 0 Å². The molecule has 0 aliphatic carbocycles. The molecule has 7 rings (SSSR count). The smallest absolute Gasteiger partial charge is 0.437 e. The Labute approximate surface area is 339 Å². The monoisotopic (exact) mass is 888 g/mol. The van der Waals surface area contributed by atoms with Crippen LogP contribution in [0.15, 0.2) is 25.3 Å². The number of anilines is 2. The molecule has 5 N–H and O–H groups in total. The van der Waals surface area contributed by atoms with Crippen LogP contribution in [0.5, 0.6) is 0 Å². The van der Waals surface area contributed by atoms with Gasteiger partial charge in [-0.25, -0.2) is 52.5 Å². The van der Waals surface area contributed by atoms with E-state index in [4.69, 9.17) is 57.6 Å². The van der Waals surface area contributed by atoms with Crippen LogP contribution in [-0.2, 0) is 64.8 Å². The second-order valence-electron chi connectivity index (χ2n) is 15.7. The lowest BCUT2D eigenvalue weighted by Crippen LogP contribution is -2.36. The predicted octanol–water partition coefficient (Wildman–Crippen LogP) is 2.48. The van der Waals surface area contributed by atoms with Crippen molar-refractivity contribution >= 4 is 61.5 Å². The van der Waals surface area contributed by atoms with Crippen LogP contribution in [-0.4, -0.2) is 120 Å². The molecule has 0 saturated carbocycles. The Bertz CT molecular complexity index is 2340. The molecule has 25 nitrogen and oxygen atoms in total. The maximum absolute atomic E-state index is 16.8. The largest absolute Gasteiger partial charge is 0.478 e. The highest BCUT2D eigenvalue weighted by Gasteiger charge is 2.56. The van der Waals surface area contributed by atoms with E-state index >= 15 is 4.39 Å². The first kappa shape index (κ1) is 43.7. The first-order chi connectivity index (χ1) is 28.2. The maximum Gasteiger partial charge on any atom is 0.478 e. The fraction of sp³-hybridized carbons (Fsp3) is 0.625. The Morgan fingerprint density at radius 1 is 0.750 bits per heavy atom. The van der Waals surface area contributed by atoms with Crippen molar-refractivity contribution in [2.75, 3.05) is 38.3 Å². The van der Waals surface area contributed by atoms with Gasteiger partial charge in [-0.15, -0.1) is 0 Å². The standard InChI is InChI=1S/C32H43FN10O15P2/c1-31(2,3)29(45)49-13-53-59(47)51-7-15-20(44)22(28(55-15)43-12-41-19-24(35)37-10-39-26(19)43)58-60(48,54-14-50-30(46)32(4,5)6)52-8-16-21(57-59)17(33)27(56-16)42-11-40-18-23(34)36-9-38-25(18)42/h9-12,15-17,20-22,27-28,44H,7-8,13-14H2,1-6H3,(H2,34,36,38)(H2,35,37,39). The zero-order chi connectivity index (χ0) is 43.4. The quantitative estimate of drug-likeness (QED) is 0.130. The molecule has 2 bridgehead atoms. The number of carbonyl (C=O) groups excluding carboxylic acids is 2. The molecule has 10 atom stereocenters. The van der Waals surface area contributed by atoms with Crippen LogP contribution in [0.1, 0.15) is 54.0 Å². The van der Waals surface area contributed by atoms with Gasteiger partial charge in [0.1, 0.15) is 54.2 Å². The second kappa shape index (κ2) is 16.5. The molecule has 0 radical (unpaired) electrons. The number of alkyl halides is 1. The molecular formula is C32H43FN10O15P2. The minimum atomic E-state index is -5.08. The number of nitrogens with zero attached hydrogens (tertiary/aromatic N) is 8. The minimum Gasteiger partial charge on any atom is -0.437 e. The molecule has 0 aromatic carbocycles. The lowest BCUT2D eigenvalue weighted by molar-refractivity contribution is -0.162. The number of nitrogens with two attached hydrogens (primary N) is 2. The number of rotatable bonds is 8. The van der Waals surface area contributed by atoms with E-state index in [0.717, 1.165) is 17.2 Å². The van der Waals surface area contributed by atoms with Gasteiger partial charge in [0, 0.05) is 0 Å². The molecule has 3 fully saturated rings. The number of fused-ring (bicyclic) bond motifs is 5. The number of halogens is 1. The summed E-state index contributed by atoms with van der Waals surface area (Å²) < 4.78 is 105. The van der Waals surface area contributed by atoms with Gasteiger partial charge in [0.15, 0.2) is 41.6 Å². The Hall–Kier alpha value is -4.33. The fourth-order valence-electron chi connectivity index (χ4n) is 6.03. The topological polar surface area (TPSA) is 320 Å². The van der Waals surface area contributed by atoms with Crippen molar-refractivity contribution in [3.05, 3.63) is 25.3 Å². The van der Waals surface area contributed by atoms with Gasteiger partial charge >= 0.3 is 27.6 Å². The number of phosphoric ester groups is 2. The SMILES string of the molecule is CC(C)(C)C(=O)OCOP1(=O)OCC2OC(n3cnc4c(N)ncnc43)C(OP(=O)(OCOC(=O)C(C)(C)C)OCC3OC(n4cnc5c(N)ncnc54)C(F)C3O1)C2O. The number of esters is 2. The van der Waals surface area contributed by atoms with E-state index in [1.54, 1.807) is 41.5 Å².